The number of imidazole rings is 2. The van der Waals surface area contributed by atoms with Crippen molar-refractivity contribution in [1.82, 2.24) is 24.4 Å². The summed E-state index contributed by atoms with van der Waals surface area (Å²) in [5.74, 6) is -0.461. The van der Waals surface area contributed by atoms with Crippen LogP contribution in [0.25, 0.3) is 22.1 Å². The molecule has 3 heterocycles. The third kappa shape index (κ3) is 3.32. The number of rotatable bonds is 3. The first kappa shape index (κ1) is 20.5. The lowest BCUT2D eigenvalue weighted by atomic mass is 10.1. The number of hydrogen-bond donors (Lipinski definition) is 1. The number of halogens is 3. The SMILES string of the molecule is CC(C)n1c(C(F)(F)F)nc2cc(C(=O)N3CCCC3c3nc4ccccc4[nH]3)ccc21. The molecule has 2 aromatic carbocycles. The first-order valence-electron chi connectivity index (χ1n) is 10.6. The number of para-hydroxylation sites is 2. The fourth-order valence-corrected chi connectivity index (χ4v) is 4.54. The van der Waals surface area contributed by atoms with Gasteiger partial charge in [0.25, 0.3) is 5.91 Å². The summed E-state index contributed by atoms with van der Waals surface area (Å²) in [5.41, 5.74) is 2.59. The molecule has 1 atom stereocenters. The van der Waals surface area contributed by atoms with E-state index in [-0.39, 0.29) is 17.5 Å². The maximum Gasteiger partial charge on any atom is 0.449 e. The summed E-state index contributed by atoms with van der Waals surface area (Å²) in [6.45, 7) is 3.92. The van der Waals surface area contributed by atoms with Gasteiger partial charge in [0, 0.05) is 18.2 Å². The van der Waals surface area contributed by atoms with Crippen LogP contribution in [-0.4, -0.2) is 36.9 Å². The summed E-state index contributed by atoms with van der Waals surface area (Å²) in [4.78, 5) is 26.8. The Hall–Kier alpha value is -3.36. The number of benzene rings is 2. The molecule has 32 heavy (non-hydrogen) atoms. The number of H-pyrrole nitrogens is 1. The van der Waals surface area contributed by atoms with Crippen LogP contribution in [0.5, 0.6) is 0 Å². The molecular formula is C23H22F3N5O. The monoisotopic (exact) mass is 441 g/mol. The minimum absolute atomic E-state index is 0.163. The second kappa shape index (κ2) is 7.36. The second-order valence-electron chi connectivity index (χ2n) is 8.40. The van der Waals surface area contributed by atoms with E-state index in [4.69, 9.17) is 0 Å². The third-order valence-electron chi connectivity index (χ3n) is 5.94. The molecule has 0 saturated carbocycles. The van der Waals surface area contributed by atoms with Crippen LogP contribution in [0.3, 0.4) is 0 Å². The number of alkyl halides is 3. The van der Waals surface area contributed by atoms with Gasteiger partial charge in [0.1, 0.15) is 5.82 Å². The molecule has 5 rings (SSSR count). The molecule has 0 bridgehead atoms. The van der Waals surface area contributed by atoms with Crippen LogP contribution >= 0.6 is 0 Å². The summed E-state index contributed by atoms with van der Waals surface area (Å²) < 4.78 is 41.7. The van der Waals surface area contributed by atoms with Crippen molar-refractivity contribution >= 4 is 28.0 Å². The molecule has 1 fully saturated rings. The van der Waals surface area contributed by atoms with Gasteiger partial charge in [-0.25, -0.2) is 9.97 Å². The van der Waals surface area contributed by atoms with Crippen molar-refractivity contribution in [1.29, 1.82) is 0 Å². The predicted octanol–water partition coefficient (Wildman–Crippen LogP) is 5.49. The number of nitrogens with zero attached hydrogens (tertiary/aromatic N) is 4. The number of aromatic amines is 1. The number of carbonyl (C=O) groups excluding carboxylic acids is 1. The molecule has 0 radical (unpaired) electrons. The first-order valence-corrected chi connectivity index (χ1v) is 10.6. The van der Waals surface area contributed by atoms with E-state index >= 15 is 0 Å². The van der Waals surface area contributed by atoms with Crippen LogP contribution in [0, 0.1) is 0 Å². The maximum atomic E-state index is 13.5. The summed E-state index contributed by atoms with van der Waals surface area (Å²) in [6, 6.07) is 11.6. The molecule has 1 amide bonds. The average Bonchev–Trinajstić information content (AvgIpc) is 3.47. The standard InChI is InChI=1S/C23H22F3N5O/c1-13(2)31-18-10-9-14(12-17(18)29-22(31)23(24,25)26)21(32)30-11-5-8-19(30)20-27-15-6-3-4-7-16(15)28-20/h3-4,6-7,9-10,12-13,19H,5,8,11H2,1-2H3,(H,27,28). The molecule has 1 unspecified atom stereocenters. The Morgan fingerprint density at radius 3 is 2.62 bits per heavy atom. The van der Waals surface area contributed by atoms with E-state index in [2.05, 4.69) is 15.0 Å². The van der Waals surface area contributed by atoms with Gasteiger partial charge in [0.05, 0.1) is 28.1 Å². The largest absolute Gasteiger partial charge is 0.449 e. The smallest absolute Gasteiger partial charge is 0.340 e. The fraction of sp³-hybridized carbons (Fsp3) is 0.348. The van der Waals surface area contributed by atoms with Crippen molar-refractivity contribution in [2.24, 2.45) is 0 Å². The minimum Gasteiger partial charge on any atom is -0.340 e. The Labute approximate surface area is 182 Å². The molecule has 1 N–H and O–H groups in total. The Morgan fingerprint density at radius 2 is 1.91 bits per heavy atom. The highest BCUT2D eigenvalue weighted by Gasteiger charge is 2.38. The molecule has 6 nitrogen and oxygen atoms in total. The third-order valence-corrected chi connectivity index (χ3v) is 5.94. The Bertz CT molecular complexity index is 1290. The van der Waals surface area contributed by atoms with Crippen molar-refractivity contribution in [2.45, 2.75) is 44.9 Å². The zero-order valence-corrected chi connectivity index (χ0v) is 17.6. The number of hydrogen-bond acceptors (Lipinski definition) is 3. The van der Waals surface area contributed by atoms with Gasteiger partial charge in [-0.2, -0.15) is 13.2 Å². The van der Waals surface area contributed by atoms with Gasteiger partial charge in [0.15, 0.2) is 0 Å². The summed E-state index contributed by atoms with van der Waals surface area (Å²) >= 11 is 0. The summed E-state index contributed by atoms with van der Waals surface area (Å²) in [5, 5.41) is 0. The molecule has 1 saturated heterocycles. The van der Waals surface area contributed by atoms with Crippen LogP contribution in [-0.2, 0) is 6.18 Å². The van der Waals surface area contributed by atoms with E-state index in [9.17, 15) is 18.0 Å². The van der Waals surface area contributed by atoms with Gasteiger partial charge in [-0.3, -0.25) is 4.79 Å². The highest BCUT2D eigenvalue weighted by molar-refractivity contribution is 5.98. The van der Waals surface area contributed by atoms with E-state index in [1.54, 1.807) is 30.9 Å². The van der Waals surface area contributed by atoms with Crippen LogP contribution in [0.1, 0.15) is 60.8 Å². The van der Waals surface area contributed by atoms with Gasteiger partial charge in [-0.05, 0) is 57.0 Å². The molecule has 9 heteroatoms. The van der Waals surface area contributed by atoms with Crippen molar-refractivity contribution < 1.29 is 18.0 Å². The Morgan fingerprint density at radius 1 is 1.12 bits per heavy atom. The van der Waals surface area contributed by atoms with Crippen molar-refractivity contribution in [3.8, 4) is 0 Å². The number of likely N-dealkylation sites (tertiary alicyclic amines) is 1. The average molecular weight is 441 g/mol. The molecule has 0 spiro atoms. The summed E-state index contributed by atoms with van der Waals surface area (Å²) in [6.07, 6.45) is -2.97. The van der Waals surface area contributed by atoms with E-state index in [0.29, 0.717) is 17.6 Å². The summed E-state index contributed by atoms with van der Waals surface area (Å²) in [7, 11) is 0. The van der Waals surface area contributed by atoms with E-state index in [0.717, 1.165) is 34.3 Å². The fourth-order valence-electron chi connectivity index (χ4n) is 4.54. The zero-order chi connectivity index (χ0) is 22.6. The van der Waals surface area contributed by atoms with Crippen LogP contribution in [0.15, 0.2) is 42.5 Å². The van der Waals surface area contributed by atoms with Gasteiger partial charge in [0.2, 0.25) is 5.82 Å². The molecular weight excluding hydrogens is 419 g/mol. The van der Waals surface area contributed by atoms with Crippen LogP contribution in [0.2, 0.25) is 0 Å². The maximum absolute atomic E-state index is 13.5. The molecule has 166 valence electrons. The number of carbonyl (C=O) groups is 1. The predicted molar refractivity (Wildman–Crippen MR) is 114 cm³/mol. The van der Waals surface area contributed by atoms with E-state index in [1.807, 2.05) is 24.3 Å². The quantitative estimate of drug-likeness (QED) is 0.457. The van der Waals surface area contributed by atoms with Gasteiger partial charge in [-0.1, -0.05) is 12.1 Å². The Kier molecular flexibility index (Phi) is 4.72. The molecule has 4 aromatic rings. The first-order chi connectivity index (χ1) is 15.2. The Balaban J connectivity index is 1.51. The number of aromatic nitrogens is 4. The van der Waals surface area contributed by atoms with Gasteiger partial charge >= 0.3 is 6.18 Å². The lowest BCUT2D eigenvalue weighted by Crippen LogP contribution is -2.31. The van der Waals surface area contributed by atoms with Crippen molar-refractivity contribution in [2.75, 3.05) is 6.54 Å². The van der Waals surface area contributed by atoms with Crippen molar-refractivity contribution in [3.63, 3.8) is 0 Å². The number of nitrogens with one attached hydrogen (secondary N) is 1. The van der Waals surface area contributed by atoms with Crippen molar-refractivity contribution in [3.05, 3.63) is 59.7 Å². The zero-order valence-electron chi connectivity index (χ0n) is 17.6. The van der Waals surface area contributed by atoms with Crippen LogP contribution < -0.4 is 0 Å². The van der Waals surface area contributed by atoms with E-state index in [1.165, 1.54) is 6.07 Å². The second-order valence-corrected chi connectivity index (χ2v) is 8.40. The van der Waals surface area contributed by atoms with Gasteiger partial charge < -0.3 is 14.5 Å². The normalized spacial score (nSPS) is 17.2. The van der Waals surface area contributed by atoms with E-state index < -0.39 is 18.0 Å². The van der Waals surface area contributed by atoms with Gasteiger partial charge in [-0.15, -0.1) is 0 Å². The number of amides is 1. The molecule has 1 aliphatic heterocycles. The lowest BCUT2D eigenvalue weighted by molar-refractivity contribution is -0.147. The molecule has 0 aliphatic carbocycles. The topological polar surface area (TPSA) is 66.8 Å². The lowest BCUT2D eigenvalue weighted by Gasteiger charge is -2.23. The highest BCUT2D eigenvalue weighted by atomic mass is 19.4. The van der Waals surface area contributed by atoms with Crippen LogP contribution in [0.4, 0.5) is 13.2 Å². The highest BCUT2D eigenvalue weighted by Crippen LogP contribution is 2.36. The molecule has 1 aliphatic rings. The molecule has 2 aromatic heterocycles. The number of fused-ring (bicyclic) bond motifs is 2. The minimum atomic E-state index is -4.57.